The monoisotopic (exact) mass is 302 g/mol. The zero-order chi connectivity index (χ0) is 15.5. The molecule has 1 aromatic carbocycles. The van der Waals surface area contributed by atoms with Crippen molar-refractivity contribution in [2.24, 2.45) is 5.92 Å². The van der Waals surface area contributed by atoms with Crippen molar-refractivity contribution in [3.8, 4) is 5.88 Å². The first-order valence-corrected chi connectivity index (χ1v) is 7.86. The molecule has 0 radical (unpaired) electrons. The van der Waals surface area contributed by atoms with Crippen LogP contribution in [0.15, 0.2) is 24.4 Å². The summed E-state index contributed by atoms with van der Waals surface area (Å²) in [6.07, 6.45) is 5.24. The average Bonchev–Trinajstić information content (AvgIpc) is 2.60. The van der Waals surface area contributed by atoms with Crippen LogP contribution in [0.1, 0.15) is 43.8 Å². The number of hydrogen-bond acceptors (Lipinski definition) is 5. The Balaban J connectivity index is 1.93. The lowest BCUT2D eigenvalue weighted by molar-refractivity contribution is -0.0279. The Bertz CT molecular complexity index is 641. The topological polar surface area (TPSA) is 75.5 Å². The molecule has 118 valence electrons. The van der Waals surface area contributed by atoms with Gasteiger partial charge in [0.15, 0.2) is 0 Å². The van der Waals surface area contributed by atoms with E-state index in [0.717, 1.165) is 25.7 Å². The molecule has 0 unspecified atom stereocenters. The standard InChI is InChI=1S/C17H22N2O3/c1-22-14-10-18-13-9-5-8-12(15(13)19-14)17(21)16(20)11-6-3-2-4-7-11/h5,8-11,16-17,20-21H,2-4,6-7H2,1H3/t16-,17-/m1/s1. The Morgan fingerprint density at radius 2 is 1.95 bits per heavy atom. The van der Waals surface area contributed by atoms with Gasteiger partial charge in [-0.05, 0) is 24.8 Å². The molecule has 1 heterocycles. The molecule has 1 aromatic heterocycles. The second-order valence-electron chi connectivity index (χ2n) is 5.96. The van der Waals surface area contributed by atoms with Crippen molar-refractivity contribution in [1.29, 1.82) is 0 Å². The van der Waals surface area contributed by atoms with Gasteiger partial charge in [0.25, 0.3) is 0 Å². The van der Waals surface area contributed by atoms with Crippen LogP contribution >= 0.6 is 0 Å². The van der Waals surface area contributed by atoms with Crippen molar-refractivity contribution in [3.05, 3.63) is 30.0 Å². The first-order chi connectivity index (χ1) is 10.7. The first-order valence-electron chi connectivity index (χ1n) is 7.86. The van der Waals surface area contributed by atoms with Crippen molar-refractivity contribution in [2.45, 2.75) is 44.3 Å². The first kappa shape index (κ1) is 15.2. The van der Waals surface area contributed by atoms with Gasteiger partial charge in [-0.2, -0.15) is 0 Å². The van der Waals surface area contributed by atoms with Gasteiger partial charge in [0.2, 0.25) is 5.88 Å². The highest BCUT2D eigenvalue weighted by atomic mass is 16.5. The van der Waals surface area contributed by atoms with E-state index in [9.17, 15) is 10.2 Å². The quantitative estimate of drug-likeness (QED) is 0.908. The van der Waals surface area contributed by atoms with Gasteiger partial charge in [-0.1, -0.05) is 31.4 Å². The highest BCUT2D eigenvalue weighted by Gasteiger charge is 2.30. The van der Waals surface area contributed by atoms with Gasteiger partial charge in [0, 0.05) is 5.56 Å². The fourth-order valence-corrected chi connectivity index (χ4v) is 3.29. The molecule has 3 rings (SSSR count). The van der Waals surface area contributed by atoms with Crippen molar-refractivity contribution in [3.63, 3.8) is 0 Å². The summed E-state index contributed by atoms with van der Waals surface area (Å²) in [5.74, 6) is 0.553. The molecule has 0 spiro atoms. The molecule has 22 heavy (non-hydrogen) atoms. The minimum Gasteiger partial charge on any atom is -0.480 e. The lowest BCUT2D eigenvalue weighted by Gasteiger charge is -2.30. The van der Waals surface area contributed by atoms with Crippen LogP contribution in [0.25, 0.3) is 11.0 Å². The molecule has 1 saturated carbocycles. The number of hydrogen-bond donors (Lipinski definition) is 2. The molecule has 5 heteroatoms. The number of ether oxygens (including phenoxy) is 1. The number of fused-ring (bicyclic) bond motifs is 1. The van der Waals surface area contributed by atoms with E-state index in [4.69, 9.17) is 4.74 Å². The summed E-state index contributed by atoms with van der Waals surface area (Å²) in [5.41, 5.74) is 1.89. The molecule has 0 bridgehead atoms. The van der Waals surface area contributed by atoms with Gasteiger partial charge >= 0.3 is 0 Å². The van der Waals surface area contributed by atoms with Gasteiger partial charge in [-0.25, -0.2) is 9.97 Å². The fraction of sp³-hybridized carbons (Fsp3) is 0.529. The zero-order valence-corrected chi connectivity index (χ0v) is 12.8. The minimum absolute atomic E-state index is 0.151. The van der Waals surface area contributed by atoms with E-state index in [2.05, 4.69) is 9.97 Å². The second-order valence-corrected chi connectivity index (χ2v) is 5.96. The molecule has 1 aliphatic rings. The summed E-state index contributed by atoms with van der Waals surface area (Å²) in [7, 11) is 1.53. The van der Waals surface area contributed by atoms with Crippen LogP contribution in [0, 0.1) is 5.92 Å². The van der Waals surface area contributed by atoms with Gasteiger partial charge in [0.1, 0.15) is 6.10 Å². The number of benzene rings is 1. The van der Waals surface area contributed by atoms with E-state index in [1.165, 1.54) is 13.5 Å². The predicted molar refractivity (Wildman–Crippen MR) is 83.6 cm³/mol. The maximum Gasteiger partial charge on any atom is 0.232 e. The number of para-hydroxylation sites is 1. The average molecular weight is 302 g/mol. The van der Waals surface area contributed by atoms with Crippen molar-refractivity contribution < 1.29 is 14.9 Å². The van der Waals surface area contributed by atoms with E-state index >= 15 is 0 Å². The molecule has 2 N–H and O–H groups in total. The molecule has 0 saturated heterocycles. The maximum atomic E-state index is 10.6. The smallest absolute Gasteiger partial charge is 0.232 e. The molecular formula is C17H22N2O3. The highest BCUT2D eigenvalue weighted by molar-refractivity contribution is 5.78. The van der Waals surface area contributed by atoms with Crippen LogP contribution < -0.4 is 4.74 Å². The Morgan fingerprint density at radius 3 is 2.68 bits per heavy atom. The van der Waals surface area contributed by atoms with Crippen LogP contribution in [0.2, 0.25) is 0 Å². The summed E-state index contributed by atoms with van der Waals surface area (Å²) in [6.45, 7) is 0. The zero-order valence-electron chi connectivity index (χ0n) is 12.8. The lowest BCUT2D eigenvalue weighted by Crippen LogP contribution is -2.29. The largest absolute Gasteiger partial charge is 0.480 e. The fourth-order valence-electron chi connectivity index (χ4n) is 3.29. The Labute approximate surface area is 130 Å². The summed E-state index contributed by atoms with van der Waals surface area (Å²) < 4.78 is 5.12. The number of nitrogens with zero attached hydrogens (tertiary/aromatic N) is 2. The van der Waals surface area contributed by atoms with E-state index in [-0.39, 0.29) is 5.92 Å². The van der Waals surface area contributed by atoms with E-state index in [1.54, 1.807) is 12.3 Å². The molecule has 0 aliphatic heterocycles. The van der Waals surface area contributed by atoms with Crippen LogP contribution in [0.5, 0.6) is 5.88 Å². The molecular weight excluding hydrogens is 280 g/mol. The molecule has 2 aromatic rings. The van der Waals surface area contributed by atoms with Gasteiger partial charge in [0.05, 0.1) is 30.4 Å². The van der Waals surface area contributed by atoms with Crippen molar-refractivity contribution >= 4 is 11.0 Å². The van der Waals surface area contributed by atoms with Crippen LogP contribution in [0.3, 0.4) is 0 Å². The molecule has 0 amide bonds. The van der Waals surface area contributed by atoms with Gasteiger partial charge in [-0.15, -0.1) is 0 Å². The molecule has 2 atom stereocenters. The van der Waals surface area contributed by atoms with Crippen LogP contribution in [-0.2, 0) is 0 Å². The van der Waals surface area contributed by atoms with Gasteiger partial charge in [-0.3, -0.25) is 0 Å². The summed E-state index contributed by atoms with van der Waals surface area (Å²) >= 11 is 0. The van der Waals surface area contributed by atoms with Gasteiger partial charge < -0.3 is 14.9 Å². The Kier molecular flexibility index (Phi) is 4.55. The molecule has 5 nitrogen and oxygen atoms in total. The molecule has 1 aliphatic carbocycles. The highest BCUT2D eigenvalue weighted by Crippen LogP contribution is 2.34. The number of aliphatic hydroxyl groups is 2. The second kappa shape index (κ2) is 6.58. The minimum atomic E-state index is -0.951. The Hall–Kier alpha value is -1.72. The summed E-state index contributed by atoms with van der Waals surface area (Å²) in [6, 6.07) is 5.47. The van der Waals surface area contributed by atoms with Crippen molar-refractivity contribution in [1.82, 2.24) is 9.97 Å². The van der Waals surface area contributed by atoms with Crippen LogP contribution in [0.4, 0.5) is 0 Å². The summed E-state index contributed by atoms with van der Waals surface area (Å²) in [4.78, 5) is 8.67. The summed E-state index contributed by atoms with van der Waals surface area (Å²) in [5, 5.41) is 21.2. The normalized spacial score (nSPS) is 19.0. The number of aromatic nitrogens is 2. The van der Waals surface area contributed by atoms with Crippen molar-refractivity contribution in [2.75, 3.05) is 7.11 Å². The number of aliphatic hydroxyl groups excluding tert-OH is 2. The molecule has 1 fully saturated rings. The Morgan fingerprint density at radius 1 is 1.18 bits per heavy atom. The number of methoxy groups -OCH3 is 1. The SMILES string of the molecule is COc1cnc2cccc([C@@H](O)[C@H](O)C3CCCCC3)c2n1. The van der Waals surface area contributed by atoms with E-state index < -0.39 is 12.2 Å². The van der Waals surface area contributed by atoms with E-state index in [1.807, 2.05) is 12.1 Å². The van der Waals surface area contributed by atoms with E-state index in [0.29, 0.717) is 22.5 Å². The maximum absolute atomic E-state index is 10.6. The third-order valence-corrected chi connectivity index (χ3v) is 4.57. The predicted octanol–water partition coefficient (Wildman–Crippen LogP) is 2.61. The van der Waals surface area contributed by atoms with Crippen LogP contribution in [-0.4, -0.2) is 33.4 Å². The lowest BCUT2D eigenvalue weighted by atomic mass is 9.82. The third-order valence-electron chi connectivity index (χ3n) is 4.57. The number of rotatable bonds is 4. The third kappa shape index (κ3) is 2.91.